The minimum atomic E-state index is -0.158. The molecular formula is C14H21N3O2. The van der Waals surface area contributed by atoms with Gasteiger partial charge in [-0.25, -0.2) is 0 Å². The Morgan fingerprint density at radius 3 is 3.00 bits per heavy atom. The zero-order valence-electron chi connectivity index (χ0n) is 11.5. The van der Waals surface area contributed by atoms with Gasteiger partial charge in [0.25, 0.3) is 5.91 Å². The summed E-state index contributed by atoms with van der Waals surface area (Å²) in [6.07, 6.45) is 4.02. The van der Waals surface area contributed by atoms with Crippen molar-refractivity contribution < 1.29 is 9.53 Å². The molecule has 0 aliphatic heterocycles. The summed E-state index contributed by atoms with van der Waals surface area (Å²) in [6.45, 7) is 3.52. The highest BCUT2D eigenvalue weighted by Gasteiger charge is 2.30. The van der Waals surface area contributed by atoms with E-state index in [1.807, 2.05) is 14.0 Å². The van der Waals surface area contributed by atoms with Crippen molar-refractivity contribution in [2.24, 2.45) is 5.92 Å². The molecule has 2 rings (SSSR count). The molecule has 5 heteroatoms. The van der Waals surface area contributed by atoms with Crippen LogP contribution in [-0.2, 0) is 0 Å². The van der Waals surface area contributed by atoms with E-state index in [-0.39, 0.29) is 12.0 Å². The first-order valence-corrected chi connectivity index (χ1v) is 6.78. The van der Waals surface area contributed by atoms with Gasteiger partial charge in [-0.1, -0.05) is 0 Å². The molecule has 1 aromatic rings. The summed E-state index contributed by atoms with van der Waals surface area (Å²) >= 11 is 0. The van der Waals surface area contributed by atoms with Gasteiger partial charge in [-0.05, 0) is 45.3 Å². The number of rotatable bonds is 6. The molecule has 1 saturated carbocycles. The molecule has 0 spiro atoms. The third kappa shape index (κ3) is 3.67. The molecule has 1 fully saturated rings. The summed E-state index contributed by atoms with van der Waals surface area (Å²) in [5, 5.41) is 5.90. The van der Waals surface area contributed by atoms with E-state index in [9.17, 15) is 4.79 Å². The van der Waals surface area contributed by atoms with Gasteiger partial charge in [0.05, 0.1) is 6.10 Å². The number of hydrogen-bond acceptors (Lipinski definition) is 4. The van der Waals surface area contributed by atoms with Crippen LogP contribution in [0, 0.1) is 5.92 Å². The van der Waals surface area contributed by atoms with E-state index in [2.05, 4.69) is 15.6 Å². The standard InChI is InChI=1S/C14H21N3O2/c1-3-16-14(18)13-8-11(4-5-17-13)19-12-6-10(7-12)9-15-2/h4-5,8,10,12,15H,3,6-7,9H2,1-2H3,(H,16,18). The number of hydrogen-bond donors (Lipinski definition) is 2. The number of carbonyl (C=O) groups excluding carboxylic acids is 1. The van der Waals surface area contributed by atoms with Crippen LogP contribution in [0.25, 0.3) is 0 Å². The first-order valence-electron chi connectivity index (χ1n) is 6.78. The zero-order chi connectivity index (χ0) is 13.7. The van der Waals surface area contributed by atoms with Crippen molar-refractivity contribution in [2.75, 3.05) is 20.1 Å². The second kappa shape index (κ2) is 6.52. The Balaban J connectivity index is 1.88. The molecule has 0 radical (unpaired) electrons. The van der Waals surface area contributed by atoms with Crippen molar-refractivity contribution in [2.45, 2.75) is 25.9 Å². The lowest BCUT2D eigenvalue weighted by molar-refractivity contribution is 0.0654. The lowest BCUT2D eigenvalue weighted by Crippen LogP contribution is -2.38. The van der Waals surface area contributed by atoms with Crippen LogP contribution in [0.1, 0.15) is 30.3 Å². The summed E-state index contributed by atoms with van der Waals surface area (Å²) in [7, 11) is 1.97. The average molecular weight is 263 g/mol. The molecule has 19 heavy (non-hydrogen) atoms. The fourth-order valence-electron chi connectivity index (χ4n) is 2.28. The highest BCUT2D eigenvalue weighted by molar-refractivity contribution is 5.92. The minimum absolute atomic E-state index is 0.158. The summed E-state index contributed by atoms with van der Waals surface area (Å²) in [6, 6.07) is 3.50. The quantitative estimate of drug-likeness (QED) is 0.809. The predicted molar refractivity (Wildman–Crippen MR) is 73.3 cm³/mol. The van der Waals surface area contributed by atoms with Crippen LogP contribution < -0.4 is 15.4 Å². The SMILES string of the molecule is CCNC(=O)c1cc(OC2CC(CNC)C2)ccn1. The molecule has 1 aromatic heterocycles. The van der Waals surface area contributed by atoms with Gasteiger partial charge in [-0.15, -0.1) is 0 Å². The minimum Gasteiger partial charge on any atom is -0.490 e. The largest absolute Gasteiger partial charge is 0.490 e. The fourth-order valence-corrected chi connectivity index (χ4v) is 2.28. The Morgan fingerprint density at radius 2 is 2.32 bits per heavy atom. The Hall–Kier alpha value is -1.62. The number of ether oxygens (including phenoxy) is 1. The van der Waals surface area contributed by atoms with Crippen LogP contribution in [0.4, 0.5) is 0 Å². The van der Waals surface area contributed by atoms with Crippen LogP contribution >= 0.6 is 0 Å². The third-order valence-electron chi connectivity index (χ3n) is 3.29. The van der Waals surface area contributed by atoms with E-state index in [0.717, 1.165) is 25.1 Å². The van der Waals surface area contributed by atoms with Gasteiger partial charge in [-0.3, -0.25) is 9.78 Å². The topological polar surface area (TPSA) is 63.2 Å². The zero-order valence-corrected chi connectivity index (χ0v) is 11.5. The first kappa shape index (κ1) is 13.8. The molecule has 1 aliphatic carbocycles. The Bertz CT molecular complexity index is 430. The number of nitrogens with zero attached hydrogens (tertiary/aromatic N) is 1. The molecule has 0 saturated heterocycles. The summed E-state index contributed by atoms with van der Waals surface area (Å²) < 4.78 is 5.85. The van der Waals surface area contributed by atoms with E-state index in [0.29, 0.717) is 18.2 Å². The fraction of sp³-hybridized carbons (Fsp3) is 0.571. The molecule has 0 aromatic carbocycles. The summed E-state index contributed by atoms with van der Waals surface area (Å²) in [4.78, 5) is 15.7. The molecule has 1 aliphatic rings. The lowest BCUT2D eigenvalue weighted by Gasteiger charge is -2.35. The smallest absolute Gasteiger partial charge is 0.270 e. The monoisotopic (exact) mass is 263 g/mol. The second-order valence-electron chi connectivity index (χ2n) is 4.87. The van der Waals surface area contributed by atoms with Crippen molar-refractivity contribution in [1.82, 2.24) is 15.6 Å². The van der Waals surface area contributed by atoms with Crippen molar-refractivity contribution in [3.63, 3.8) is 0 Å². The summed E-state index contributed by atoms with van der Waals surface area (Å²) in [5.41, 5.74) is 0.408. The maximum Gasteiger partial charge on any atom is 0.270 e. The highest BCUT2D eigenvalue weighted by atomic mass is 16.5. The molecular weight excluding hydrogens is 242 g/mol. The number of carbonyl (C=O) groups is 1. The van der Waals surface area contributed by atoms with Crippen molar-refractivity contribution in [3.05, 3.63) is 24.0 Å². The Morgan fingerprint density at radius 1 is 1.53 bits per heavy atom. The first-order chi connectivity index (χ1) is 9.22. The number of aromatic nitrogens is 1. The average Bonchev–Trinajstić information content (AvgIpc) is 2.37. The van der Waals surface area contributed by atoms with Crippen LogP contribution in [0.2, 0.25) is 0 Å². The van der Waals surface area contributed by atoms with Crippen molar-refractivity contribution >= 4 is 5.91 Å². The van der Waals surface area contributed by atoms with Gasteiger partial charge < -0.3 is 15.4 Å². The van der Waals surface area contributed by atoms with Crippen molar-refractivity contribution in [3.8, 4) is 5.75 Å². The number of pyridine rings is 1. The van der Waals surface area contributed by atoms with E-state index in [1.54, 1.807) is 18.3 Å². The van der Waals surface area contributed by atoms with Crippen molar-refractivity contribution in [1.29, 1.82) is 0 Å². The molecule has 0 atom stereocenters. The maximum absolute atomic E-state index is 11.7. The van der Waals surface area contributed by atoms with Gasteiger partial charge in [0.15, 0.2) is 0 Å². The van der Waals surface area contributed by atoms with E-state index in [1.165, 1.54) is 0 Å². The molecule has 104 valence electrons. The molecule has 5 nitrogen and oxygen atoms in total. The van der Waals surface area contributed by atoms with Gasteiger partial charge in [-0.2, -0.15) is 0 Å². The van der Waals surface area contributed by atoms with Crippen LogP contribution in [0.5, 0.6) is 5.75 Å². The molecule has 0 bridgehead atoms. The number of nitrogens with one attached hydrogen (secondary N) is 2. The van der Waals surface area contributed by atoms with Gasteiger partial charge in [0.2, 0.25) is 0 Å². The predicted octanol–water partition coefficient (Wildman–Crippen LogP) is 1.21. The van der Waals surface area contributed by atoms with E-state index >= 15 is 0 Å². The highest BCUT2D eigenvalue weighted by Crippen LogP contribution is 2.30. The normalized spacial score (nSPS) is 21.6. The molecule has 2 N–H and O–H groups in total. The second-order valence-corrected chi connectivity index (χ2v) is 4.87. The Kier molecular flexibility index (Phi) is 4.74. The number of amides is 1. The van der Waals surface area contributed by atoms with Crippen LogP contribution in [-0.4, -0.2) is 37.1 Å². The summed E-state index contributed by atoms with van der Waals surface area (Å²) in [5.74, 6) is 1.28. The molecule has 1 heterocycles. The lowest BCUT2D eigenvalue weighted by atomic mass is 9.82. The van der Waals surface area contributed by atoms with Gasteiger partial charge in [0.1, 0.15) is 11.4 Å². The third-order valence-corrected chi connectivity index (χ3v) is 3.29. The van der Waals surface area contributed by atoms with E-state index < -0.39 is 0 Å². The van der Waals surface area contributed by atoms with Crippen LogP contribution in [0.15, 0.2) is 18.3 Å². The van der Waals surface area contributed by atoms with E-state index in [4.69, 9.17) is 4.74 Å². The van der Waals surface area contributed by atoms with Crippen LogP contribution in [0.3, 0.4) is 0 Å². The maximum atomic E-state index is 11.7. The van der Waals surface area contributed by atoms with Gasteiger partial charge >= 0.3 is 0 Å². The molecule has 0 unspecified atom stereocenters. The van der Waals surface area contributed by atoms with Gasteiger partial charge in [0, 0.05) is 18.8 Å². The molecule has 1 amide bonds. The Labute approximate surface area is 113 Å².